The average Bonchev–Trinajstić information content (AvgIpc) is 3.30. The fourth-order valence-electron chi connectivity index (χ4n) is 4.58. The number of nitrogens with zero attached hydrogens (tertiary/aromatic N) is 5. The maximum Gasteiger partial charge on any atom is 0.328 e. The molecule has 4 heterocycles. The van der Waals surface area contributed by atoms with Crippen LogP contribution in [-0.2, 0) is 16.6 Å². The summed E-state index contributed by atoms with van der Waals surface area (Å²) in [6, 6.07) is -0.984. The summed E-state index contributed by atoms with van der Waals surface area (Å²) in [6.07, 6.45) is 6.93. The molecule has 3 fully saturated rings. The van der Waals surface area contributed by atoms with Crippen molar-refractivity contribution in [3.63, 3.8) is 0 Å². The molecule has 2 atom stereocenters. The van der Waals surface area contributed by atoms with E-state index >= 15 is 0 Å². The predicted molar refractivity (Wildman–Crippen MR) is 89.8 cm³/mol. The van der Waals surface area contributed by atoms with Crippen molar-refractivity contribution in [2.45, 2.75) is 50.6 Å². The molecule has 3 aliphatic rings. The van der Waals surface area contributed by atoms with Crippen LogP contribution in [0.15, 0.2) is 12.4 Å². The smallest absolute Gasteiger partial charge is 0.310 e. The minimum atomic E-state index is -0.714. The molecule has 1 aromatic rings. The number of hydrogen-bond donors (Lipinski definition) is 0. The van der Waals surface area contributed by atoms with E-state index in [1.807, 2.05) is 6.92 Å². The molecule has 0 aromatic carbocycles. The van der Waals surface area contributed by atoms with Crippen molar-refractivity contribution in [3.8, 4) is 0 Å². The van der Waals surface area contributed by atoms with Gasteiger partial charge in [0.1, 0.15) is 11.6 Å². The fourth-order valence-corrected chi connectivity index (χ4v) is 4.58. The third kappa shape index (κ3) is 2.12. The lowest BCUT2D eigenvalue weighted by Gasteiger charge is -2.27. The number of hydrogen-bond acceptors (Lipinski definition) is 4. The average molecular weight is 345 g/mol. The van der Waals surface area contributed by atoms with Crippen LogP contribution in [0, 0.1) is 0 Å². The van der Waals surface area contributed by atoms with Gasteiger partial charge in [-0.1, -0.05) is 13.3 Å². The number of anilines is 1. The Morgan fingerprint density at radius 1 is 1.28 bits per heavy atom. The van der Waals surface area contributed by atoms with Gasteiger partial charge in [-0.2, -0.15) is 5.10 Å². The number of rotatable bonds is 4. The minimum Gasteiger partial charge on any atom is -0.310 e. The highest BCUT2D eigenvalue weighted by Gasteiger charge is 2.61. The Morgan fingerprint density at radius 3 is 2.76 bits per heavy atom. The van der Waals surface area contributed by atoms with Crippen molar-refractivity contribution < 1.29 is 14.4 Å². The van der Waals surface area contributed by atoms with Crippen LogP contribution in [-0.4, -0.2) is 62.1 Å². The van der Waals surface area contributed by atoms with Gasteiger partial charge < -0.3 is 9.80 Å². The fraction of sp³-hybridized carbons (Fsp3) is 0.647. The Morgan fingerprint density at radius 2 is 2.08 bits per heavy atom. The molecule has 0 saturated carbocycles. The van der Waals surface area contributed by atoms with Gasteiger partial charge >= 0.3 is 6.03 Å². The van der Waals surface area contributed by atoms with Gasteiger partial charge in [0.2, 0.25) is 0 Å². The number of aryl methyl sites for hydroxylation is 1. The first-order chi connectivity index (χ1) is 12.0. The van der Waals surface area contributed by atoms with Crippen molar-refractivity contribution in [1.29, 1.82) is 0 Å². The molecule has 0 aliphatic carbocycles. The normalized spacial score (nSPS) is 29.3. The highest BCUT2D eigenvalue weighted by molar-refractivity contribution is 6.12. The van der Waals surface area contributed by atoms with Crippen LogP contribution in [0.3, 0.4) is 0 Å². The zero-order valence-electron chi connectivity index (χ0n) is 14.6. The number of urea groups is 1. The summed E-state index contributed by atoms with van der Waals surface area (Å²) >= 11 is 0. The Kier molecular flexibility index (Phi) is 3.59. The first kappa shape index (κ1) is 16.1. The van der Waals surface area contributed by atoms with Crippen molar-refractivity contribution in [3.05, 3.63) is 12.4 Å². The van der Waals surface area contributed by atoms with Crippen LogP contribution in [0.1, 0.15) is 39.0 Å². The van der Waals surface area contributed by atoms with E-state index in [0.717, 1.165) is 12.8 Å². The SMILES string of the molecule is CCCC12CCCN1C(=O)N(C1CCN(c3cnn(C)c3)C1=O)C2=O. The van der Waals surface area contributed by atoms with Crippen molar-refractivity contribution in [2.75, 3.05) is 18.0 Å². The van der Waals surface area contributed by atoms with Gasteiger partial charge in [0.15, 0.2) is 0 Å². The van der Waals surface area contributed by atoms with Gasteiger partial charge in [0.05, 0.1) is 11.9 Å². The molecule has 4 rings (SSSR count). The molecule has 1 aromatic heterocycles. The maximum absolute atomic E-state index is 13.2. The molecular formula is C17H23N5O3. The van der Waals surface area contributed by atoms with E-state index in [4.69, 9.17) is 0 Å². The van der Waals surface area contributed by atoms with Gasteiger partial charge in [0.25, 0.3) is 11.8 Å². The van der Waals surface area contributed by atoms with Gasteiger partial charge in [-0.05, 0) is 25.7 Å². The van der Waals surface area contributed by atoms with Crippen molar-refractivity contribution in [2.24, 2.45) is 7.05 Å². The molecule has 3 saturated heterocycles. The summed E-state index contributed by atoms with van der Waals surface area (Å²) < 4.78 is 1.63. The summed E-state index contributed by atoms with van der Waals surface area (Å²) in [4.78, 5) is 43.5. The zero-order chi connectivity index (χ0) is 17.8. The van der Waals surface area contributed by atoms with E-state index in [0.29, 0.717) is 38.0 Å². The van der Waals surface area contributed by atoms with Crippen LogP contribution in [0.4, 0.5) is 10.5 Å². The van der Waals surface area contributed by atoms with Gasteiger partial charge in [-0.15, -0.1) is 0 Å². The third-order valence-electron chi connectivity index (χ3n) is 5.70. The predicted octanol–water partition coefficient (Wildman–Crippen LogP) is 1.12. The first-order valence-electron chi connectivity index (χ1n) is 8.95. The second-order valence-electron chi connectivity index (χ2n) is 7.16. The number of aromatic nitrogens is 2. The molecule has 2 unspecified atom stereocenters. The van der Waals surface area contributed by atoms with E-state index < -0.39 is 11.6 Å². The van der Waals surface area contributed by atoms with Crippen LogP contribution < -0.4 is 4.90 Å². The quantitative estimate of drug-likeness (QED) is 0.766. The molecular weight excluding hydrogens is 322 g/mol. The van der Waals surface area contributed by atoms with E-state index in [9.17, 15) is 14.4 Å². The van der Waals surface area contributed by atoms with E-state index in [2.05, 4.69) is 5.10 Å². The lowest BCUT2D eigenvalue weighted by Crippen LogP contribution is -2.48. The van der Waals surface area contributed by atoms with Crippen LogP contribution in [0.2, 0.25) is 0 Å². The van der Waals surface area contributed by atoms with E-state index in [1.165, 1.54) is 4.90 Å². The monoisotopic (exact) mass is 345 g/mol. The number of fused-ring (bicyclic) bond motifs is 1. The second kappa shape index (κ2) is 5.57. The largest absolute Gasteiger partial charge is 0.328 e. The highest BCUT2D eigenvalue weighted by Crippen LogP contribution is 2.43. The molecule has 0 spiro atoms. The van der Waals surface area contributed by atoms with Crippen molar-refractivity contribution in [1.82, 2.24) is 19.6 Å². The lowest BCUT2D eigenvalue weighted by molar-refractivity contribution is -0.137. The number of imide groups is 1. The Hall–Kier alpha value is -2.38. The van der Waals surface area contributed by atoms with Crippen LogP contribution in [0.25, 0.3) is 0 Å². The lowest BCUT2D eigenvalue weighted by atomic mass is 9.90. The summed E-state index contributed by atoms with van der Waals surface area (Å²) in [5.74, 6) is -0.370. The third-order valence-corrected chi connectivity index (χ3v) is 5.70. The molecule has 0 radical (unpaired) electrons. The molecule has 8 heteroatoms. The summed E-state index contributed by atoms with van der Waals surface area (Å²) in [5, 5.41) is 4.10. The van der Waals surface area contributed by atoms with Crippen LogP contribution in [0.5, 0.6) is 0 Å². The molecule has 8 nitrogen and oxygen atoms in total. The number of carbonyl (C=O) groups is 3. The molecule has 0 N–H and O–H groups in total. The van der Waals surface area contributed by atoms with Gasteiger partial charge in [-0.25, -0.2) is 9.69 Å². The minimum absolute atomic E-state index is 0.178. The molecule has 3 aliphatic heterocycles. The zero-order valence-corrected chi connectivity index (χ0v) is 14.6. The van der Waals surface area contributed by atoms with Crippen LogP contribution >= 0.6 is 0 Å². The Bertz CT molecular complexity index is 744. The molecule has 4 amide bonds. The Labute approximate surface area is 146 Å². The second-order valence-corrected chi connectivity index (χ2v) is 7.16. The van der Waals surface area contributed by atoms with Crippen molar-refractivity contribution >= 4 is 23.5 Å². The van der Waals surface area contributed by atoms with E-state index in [1.54, 1.807) is 33.9 Å². The topological polar surface area (TPSA) is 78.8 Å². The molecule has 0 bridgehead atoms. The standard InChI is InChI=1S/C17H23N5O3/c1-3-6-17-7-4-8-21(17)16(25)22(15(17)24)13-5-9-20(14(13)23)12-10-18-19(2)11-12/h10-11,13H,3-9H2,1-2H3. The van der Waals surface area contributed by atoms with Gasteiger partial charge in [0, 0.05) is 26.3 Å². The maximum atomic E-state index is 13.2. The van der Waals surface area contributed by atoms with E-state index in [-0.39, 0.29) is 17.8 Å². The Balaban J connectivity index is 1.61. The molecule has 134 valence electrons. The summed E-state index contributed by atoms with van der Waals surface area (Å²) in [5.41, 5.74) is -0.00809. The number of carbonyl (C=O) groups excluding carboxylic acids is 3. The molecule has 25 heavy (non-hydrogen) atoms. The summed E-state index contributed by atoms with van der Waals surface area (Å²) in [6.45, 7) is 3.12. The first-order valence-corrected chi connectivity index (χ1v) is 8.95. The van der Waals surface area contributed by atoms with Gasteiger partial charge in [-0.3, -0.25) is 14.3 Å². The highest BCUT2D eigenvalue weighted by atomic mass is 16.2. The summed E-state index contributed by atoms with van der Waals surface area (Å²) in [7, 11) is 1.79. The number of amides is 4.